The average Bonchev–Trinajstić information content (AvgIpc) is 2.36. The Morgan fingerprint density at radius 1 is 1.29 bits per heavy atom. The highest BCUT2D eigenvalue weighted by Gasteiger charge is 2.19. The van der Waals surface area contributed by atoms with E-state index in [0.29, 0.717) is 11.3 Å². The van der Waals surface area contributed by atoms with Gasteiger partial charge in [0.25, 0.3) is 0 Å². The quantitative estimate of drug-likeness (QED) is 0.712. The number of rotatable bonds is 6. The van der Waals surface area contributed by atoms with Crippen molar-refractivity contribution in [1.82, 2.24) is 0 Å². The number of hydrogen-bond donors (Lipinski definition) is 0. The SMILES string of the molecule is CCC(C)(C)OCC(=O)c1ccccc1OC. The van der Waals surface area contributed by atoms with Crippen LogP contribution in [0.3, 0.4) is 0 Å². The maximum absolute atomic E-state index is 12.0. The molecule has 94 valence electrons. The lowest BCUT2D eigenvalue weighted by molar-refractivity contribution is -0.0123. The lowest BCUT2D eigenvalue weighted by Crippen LogP contribution is -2.26. The molecule has 0 fully saturated rings. The predicted molar refractivity (Wildman–Crippen MR) is 67.6 cm³/mol. The molecular formula is C14H20O3. The molecule has 0 aliphatic rings. The van der Waals surface area contributed by atoms with Gasteiger partial charge in [-0.15, -0.1) is 0 Å². The molecule has 0 aliphatic carbocycles. The first-order chi connectivity index (χ1) is 8.00. The van der Waals surface area contributed by atoms with Gasteiger partial charge in [-0.1, -0.05) is 19.1 Å². The fourth-order valence-electron chi connectivity index (χ4n) is 1.32. The lowest BCUT2D eigenvalue weighted by Gasteiger charge is -2.23. The van der Waals surface area contributed by atoms with E-state index in [1.165, 1.54) is 0 Å². The van der Waals surface area contributed by atoms with Crippen molar-refractivity contribution in [3.05, 3.63) is 29.8 Å². The Kier molecular flexibility index (Phi) is 4.70. The highest BCUT2D eigenvalue weighted by atomic mass is 16.5. The van der Waals surface area contributed by atoms with Gasteiger partial charge in [0.1, 0.15) is 12.4 Å². The maximum atomic E-state index is 12.0. The Balaban J connectivity index is 2.70. The highest BCUT2D eigenvalue weighted by Crippen LogP contribution is 2.19. The second kappa shape index (κ2) is 5.82. The first-order valence-corrected chi connectivity index (χ1v) is 5.80. The van der Waals surface area contributed by atoms with Crippen LogP contribution in [0.4, 0.5) is 0 Å². The molecule has 0 saturated carbocycles. The molecule has 0 spiro atoms. The van der Waals surface area contributed by atoms with E-state index in [1.54, 1.807) is 19.2 Å². The van der Waals surface area contributed by atoms with Crippen LogP contribution in [-0.4, -0.2) is 25.1 Å². The average molecular weight is 236 g/mol. The van der Waals surface area contributed by atoms with E-state index >= 15 is 0 Å². The molecule has 0 radical (unpaired) electrons. The van der Waals surface area contributed by atoms with Crippen molar-refractivity contribution >= 4 is 5.78 Å². The minimum atomic E-state index is -0.266. The van der Waals surface area contributed by atoms with E-state index in [2.05, 4.69) is 0 Å². The van der Waals surface area contributed by atoms with E-state index in [0.717, 1.165) is 6.42 Å². The molecule has 0 bridgehead atoms. The van der Waals surface area contributed by atoms with Gasteiger partial charge in [0, 0.05) is 0 Å². The van der Waals surface area contributed by atoms with Crippen molar-refractivity contribution in [3.63, 3.8) is 0 Å². The smallest absolute Gasteiger partial charge is 0.192 e. The van der Waals surface area contributed by atoms with Crippen molar-refractivity contribution in [2.24, 2.45) is 0 Å². The van der Waals surface area contributed by atoms with E-state index in [9.17, 15) is 4.79 Å². The standard InChI is InChI=1S/C14H20O3/c1-5-14(2,3)17-10-12(15)11-8-6-7-9-13(11)16-4/h6-9H,5,10H2,1-4H3. The van der Waals surface area contributed by atoms with Crippen LogP contribution in [0.25, 0.3) is 0 Å². The highest BCUT2D eigenvalue weighted by molar-refractivity contribution is 5.99. The molecule has 0 atom stereocenters. The summed E-state index contributed by atoms with van der Waals surface area (Å²) < 4.78 is 10.7. The summed E-state index contributed by atoms with van der Waals surface area (Å²) in [5.41, 5.74) is 0.305. The Hall–Kier alpha value is -1.35. The number of carbonyl (C=O) groups excluding carboxylic acids is 1. The molecule has 1 aromatic carbocycles. The molecule has 0 saturated heterocycles. The van der Waals surface area contributed by atoms with Crippen LogP contribution in [0, 0.1) is 0 Å². The van der Waals surface area contributed by atoms with Crippen molar-refractivity contribution in [3.8, 4) is 5.75 Å². The van der Waals surface area contributed by atoms with Gasteiger partial charge in [-0.2, -0.15) is 0 Å². The third-order valence-electron chi connectivity index (χ3n) is 2.85. The number of hydrogen-bond acceptors (Lipinski definition) is 3. The number of methoxy groups -OCH3 is 1. The predicted octanol–water partition coefficient (Wildman–Crippen LogP) is 3.08. The third-order valence-corrected chi connectivity index (χ3v) is 2.85. The van der Waals surface area contributed by atoms with Gasteiger partial charge >= 0.3 is 0 Å². The van der Waals surface area contributed by atoms with Crippen molar-refractivity contribution < 1.29 is 14.3 Å². The summed E-state index contributed by atoms with van der Waals surface area (Å²) in [6, 6.07) is 7.19. The Morgan fingerprint density at radius 3 is 2.53 bits per heavy atom. The molecule has 3 heteroatoms. The molecule has 0 N–H and O–H groups in total. The molecular weight excluding hydrogens is 216 g/mol. The van der Waals surface area contributed by atoms with E-state index in [-0.39, 0.29) is 18.0 Å². The number of para-hydroxylation sites is 1. The van der Waals surface area contributed by atoms with Crippen LogP contribution in [0.5, 0.6) is 5.75 Å². The van der Waals surface area contributed by atoms with E-state index in [4.69, 9.17) is 9.47 Å². The van der Waals surface area contributed by atoms with Gasteiger partial charge in [0.2, 0.25) is 0 Å². The molecule has 0 heterocycles. The molecule has 1 aromatic rings. The van der Waals surface area contributed by atoms with Crippen molar-refractivity contribution in [2.75, 3.05) is 13.7 Å². The van der Waals surface area contributed by atoms with Crippen LogP contribution in [0.1, 0.15) is 37.6 Å². The Morgan fingerprint density at radius 2 is 1.94 bits per heavy atom. The lowest BCUT2D eigenvalue weighted by atomic mass is 10.1. The fourth-order valence-corrected chi connectivity index (χ4v) is 1.32. The van der Waals surface area contributed by atoms with Crippen LogP contribution < -0.4 is 4.74 Å². The summed E-state index contributed by atoms with van der Waals surface area (Å²) in [4.78, 5) is 12.0. The minimum Gasteiger partial charge on any atom is -0.496 e. The maximum Gasteiger partial charge on any atom is 0.192 e. The number of carbonyl (C=O) groups is 1. The first-order valence-electron chi connectivity index (χ1n) is 5.80. The van der Waals surface area contributed by atoms with E-state index < -0.39 is 0 Å². The zero-order valence-corrected chi connectivity index (χ0v) is 10.9. The fraction of sp³-hybridized carbons (Fsp3) is 0.500. The first kappa shape index (κ1) is 13.7. The topological polar surface area (TPSA) is 35.5 Å². The van der Waals surface area contributed by atoms with E-state index in [1.807, 2.05) is 32.9 Å². The summed E-state index contributed by atoms with van der Waals surface area (Å²) >= 11 is 0. The zero-order valence-electron chi connectivity index (χ0n) is 10.9. The number of ether oxygens (including phenoxy) is 2. The van der Waals surface area contributed by atoms with Gasteiger partial charge in [0.15, 0.2) is 5.78 Å². The van der Waals surface area contributed by atoms with Crippen LogP contribution in [-0.2, 0) is 4.74 Å². The van der Waals surface area contributed by atoms with Gasteiger partial charge in [-0.3, -0.25) is 4.79 Å². The normalized spacial score (nSPS) is 11.3. The molecule has 17 heavy (non-hydrogen) atoms. The second-order valence-corrected chi connectivity index (χ2v) is 4.53. The van der Waals surface area contributed by atoms with Crippen molar-refractivity contribution in [1.29, 1.82) is 0 Å². The van der Waals surface area contributed by atoms with Gasteiger partial charge in [-0.05, 0) is 32.4 Å². The summed E-state index contributed by atoms with van der Waals surface area (Å²) in [5.74, 6) is 0.541. The summed E-state index contributed by atoms with van der Waals surface area (Å²) in [6.07, 6.45) is 0.867. The van der Waals surface area contributed by atoms with Crippen LogP contribution in [0.2, 0.25) is 0 Å². The van der Waals surface area contributed by atoms with Crippen molar-refractivity contribution in [2.45, 2.75) is 32.8 Å². The van der Waals surface area contributed by atoms with Gasteiger partial charge < -0.3 is 9.47 Å². The largest absolute Gasteiger partial charge is 0.496 e. The second-order valence-electron chi connectivity index (χ2n) is 4.53. The molecule has 0 aromatic heterocycles. The summed E-state index contributed by atoms with van der Waals surface area (Å²) in [6.45, 7) is 6.07. The minimum absolute atomic E-state index is 0.0519. The number of benzene rings is 1. The zero-order chi connectivity index (χ0) is 12.9. The molecule has 0 unspecified atom stereocenters. The summed E-state index contributed by atoms with van der Waals surface area (Å²) in [7, 11) is 1.56. The monoisotopic (exact) mass is 236 g/mol. The van der Waals surface area contributed by atoms with Crippen LogP contribution >= 0.6 is 0 Å². The number of ketones is 1. The number of Topliss-reactive ketones (excluding diaryl/α,β-unsaturated/α-hetero) is 1. The van der Waals surface area contributed by atoms with Gasteiger partial charge in [-0.25, -0.2) is 0 Å². The summed E-state index contributed by atoms with van der Waals surface area (Å²) in [5, 5.41) is 0. The third kappa shape index (κ3) is 3.86. The molecule has 0 amide bonds. The Bertz CT molecular complexity index is 383. The van der Waals surface area contributed by atoms with Crippen LogP contribution in [0.15, 0.2) is 24.3 Å². The molecule has 1 rings (SSSR count). The Labute approximate surface area is 103 Å². The molecule has 0 aliphatic heterocycles. The van der Waals surface area contributed by atoms with Gasteiger partial charge in [0.05, 0.1) is 18.3 Å². The molecule has 3 nitrogen and oxygen atoms in total.